The number of amides is 1. The lowest BCUT2D eigenvalue weighted by Crippen LogP contribution is -2.51. The zero-order valence-electron chi connectivity index (χ0n) is 9.15. The van der Waals surface area contributed by atoms with Gasteiger partial charge in [0.2, 0.25) is 0 Å². The monoisotopic (exact) mass is 220 g/mol. The van der Waals surface area contributed by atoms with Gasteiger partial charge in [0.25, 0.3) is 5.91 Å². The smallest absolute Gasteiger partial charge is 0.253 e. The van der Waals surface area contributed by atoms with Crippen LogP contribution in [0.1, 0.15) is 36.0 Å². The van der Waals surface area contributed by atoms with E-state index < -0.39 is 0 Å². The van der Waals surface area contributed by atoms with Crippen LogP contribution in [0, 0.1) is 0 Å². The van der Waals surface area contributed by atoms with Crippen molar-refractivity contribution in [2.75, 3.05) is 6.54 Å². The highest BCUT2D eigenvalue weighted by molar-refractivity contribution is 5.94. The number of aromatic nitrogens is 2. The van der Waals surface area contributed by atoms with Crippen molar-refractivity contribution in [2.45, 2.75) is 31.2 Å². The van der Waals surface area contributed by atoms with Crippen LogP contribution in [0.5, 0.6) is 0 Å². The lowest BCUT2D eigenvalue weighted by molar-refractivity contribution is 0.0902. The van der Waals surface area contributed by atoms with Crippen LogP contribution in [0.3, 0.4) is 0 Å². The summed E-state index contributed by atoms with van der Waals surface area (Å²) >= 11 is 0. The molecule has 3 N–H and O–H groups in total. The molecule has 0 bridgehead atoms. The summed E-state index contributed by atoms with van der Waals surface area (Å²) in [4.78, 5) is 11.9. The van der Waals surface area contributed by atoms with E-state index in [1.165, 1.54) is 12.4 Å². The topological polar surface area (TPSA) is 80.9 Å². The van der Waals surface area contributed by atoms with Crippen LogP contribution in [0.15, 0.2) is 18.5 Å². The van der Waals surface area contributed by atoms with Crippen LogP contribution in [-0.4, -0.2) is 28.2 Å². The van der Waals surface area contributed by atoms with E-state index in [4.69, 9.17) is 5.73 Å². The zero-order valence-corrected chi connectivity index (χ0v) is 9.15. The van der Waals surface area contributed by atoms with E-state index in [0.29, 0.717) is 12.1 Å². The second-order valence-corrected chi connectivity index (χ2v) is 4.28. The molecule has 0 atom stereocenters. The summed E-state index contributed by atoms with van der Waals surface area (Å²) in [5, 5.41) is 10.4. The van der Waals surface area contributed by atoms with E-state index in [1.54, 1.807) is 6.07 Å². The summed E-state index contributed by atoms with van der Waals surface area (Å²) in [7, 11) is 0. The molecular formula is C11H16N4O. The van der Waals surface area contributed by atoms with E-state index in [1.807, 2.05) is 0 Å². The highest BCUT2D eigenvalue weighted by atomic mass is 16.1. The molecule has 1 aliphatic rings. The Morgan fingerprint density at radius 1 is 1.44 bits per heavy atom. The quantitative estimate of drug-likeness (QED) is 0.776. The fraction of sp³-hybridized carbons (Fsp3) is 0.545. The zero-order chi connectivity index (χ0) is 11.4. The molecule has 5 nitrogen and oxygen atoms in total. The lowest BCUT2D eigenvalue weighted by Gasteiger charge is -2.28. The number of carbonyl (C=O) groups is 1. The van der Waals surface area contributed by atoms with Crippen molar-refractivity contribution in [3.8, 4) is 0 Å². The van der Waals surface area contributed by atoms with Gasteiger partial charge < -0.3 is 11.1 Å². The Kier molecular flexibility index (Phi) is 3.14. The van der Waals surface area contributed by atoms with Gasteiger partial charge in [-0.05, 0) is 18.9 Å². The van der Waals surface area contributed by atoms with Gasteiger partial charge >= 0.3 is 0 Å². The minimum absolute atomic E-state index is 0.109. The van der Waals surface area contributed by atoms with Crippen LogP contribution >= 0.6 is 0 Å². The second kappa shape index (κ2) is 4.57. The van der Waals surface area contributed by atoms with Gasteiger partial charge in [-0.3, -0.25) is 4.79 Å². The van der Waals surface area contributed by atoms with Gasteiger partial charge in [0.15, 0.2) is 0 Å². The molecule has 0 spiro atoms. The van der Waals surface area contributed by atoms with Gasteiger partial charge in [-0.15, -0.1) is 0 Å². The normalized spacial score (nSPS) is 18.3. The van der Waals surface area contributed by atoms with Crippen LogP contribution in [0.2, 0.25) is 0 Å². The summed E-state index contributed by atoms with van der Waals surface area (Å²) in [6.07, 6.45) is 7.17. The van der Waals surface area contributed by atoms with E-state index >= 15 is 0 Å². The maximum Gasteiger partial charge on any atom is 0.253 e. The third kappa shape index (κ3) is 2.19. The molecule has 86 valence electrons. The Morgan fingerprint density at radius 2 is 2.19 bits per heavy atom. The van der Waals surface area contributed by atoms with Gasteiger partial charge in [-0.2, -0.15) is 10.2 Å². The first kappa shape index (κ1) is 11.0. The summed E-state index contributed by atoms with van der Waals surface area (Å²) in [5.41, 5.74) is 6.08. The van der Waals surface area contributed by atoms with Gasteiger partial charge in [0, 0.05) is 6.54 Å². The molecule has 0 unspecified atom stereocenters. The van der Waals surface area contributed by atoms with Crippen molar-refractivity contribution in [2.24, 2.45) is 5.73 Å². The van der Waals surface area contributed by atoms with Crippen LogP contribution in [-0.2, 0) is 0 Å². The van der Waals surface area contributed by atoms with Crippen molar-refractivity contribution in [3.05, 3.63) is 24.0 Å². The molecule has 0 aromatic carbocycles. The van der Waals surface area contributed by atoms with E-state index in [9.17, 15) is 4.79 Å². The molecular weight excluding hydrogens is 204 g/mol. The summed E-state index contributed by atoms with van der Waals surface area (Å²) in [5.74, 6) is -0.109. The van der Waals surface area contributed by atoms with Crippen LogP contribution in [0.25, 0.3) is 0 Å². The molecule has 1 aromatic heterocycles. The van der Waals surface area contributed by atoms with Crippen molar-refractivity contribution in [1.82, 2.24) is 15.5 Å². The predicted octanol–water partition coefficient (Wildman–Crippen LogP) is 0.478. The molecule has 1 aromatic rings. The number of rotatable bonds is 3. The molecule has 1 amide bonds. The average Bonchev–Trinajstić information content (AvgIpc) is 2.79. The summed E-state index contributed by atoms with van der Waals surface area (Å²) in [6, 6.07) is 1.65. The molecule has 0 saturated heterocycles. The largest absolute Gasteiger partial charge is 0.345 e. The summed E-state index contributed by atoms with van der Waals surface area (Å²) in [6.45, 7) is 0.497. The fourth-order valence-corrected chi connectivity index (χ4v) is 2.17. The first-order valence-electron chi connectivity index (χ1n) is 5.55. The molecule has 1 fully saturated rings. The molecule has 1 aliphatic carbocycles. The molecule has 16 heavy (non-hydrogen) atoms. The first-order valence-corrected chi connectivity index (χ1v) is 5.55. The van der Waals surface area contributed by atoms with Gasteiger partial charge in [-0.1, -0.05) is 12.8 Å². The molecule has 0 radical (unpaired) electrons. The Bertz CT molecular complexity index is 360. The highest BCUT2D eigenvalue weighted by Gasteiger charge is 2.34. The third-order valence-electron chi connectivity index (χ3n) is 3.18. The van der Waals surface area contributed by atoms with Crippen LogP contribution < -0.4 is 11.1 Å². The maximum atomic E-state index is 11.9. The molecule has 1 saturated carbocycles. The Balaban J connectivity index is 2.07. The van der Waals surface area contributed by atoms with Crippen LogP contribution in [0.4, 0.5) is 0 Å². The SMILES string of the molecule is NCC1(NC(=O)c2ccnnc2)CCCC1. The predicted molar refractivity (Wildman–Crippen MR) is 59.8 cm³/mol. The van der Waals surface area contributed by atoms with Gasteiger partial charge in [0.1, 0.15) is 0 Å². The third-order valence-corrected chi connectivity index (χ3v) is 3.18. The highest BCUT2D eigenvalue weighted by Crippen LogP contribution is 2.28. The van der Waals surface area contributed by atoms with E-state index in [-0.39, 0.29) is 11.4 Å². The lowest BCUT2D eigenvalue weighted by atomic mass is 9.97. The standard InChI is InChI=1S/C11H16N4O/c12-8-11(4-1-2-5-11)15-10(16)9-3-6-13-14-7-9/h3,6-7H,1-2,4-5,8,12H2,(H,15,16). The van der Waals surface area contributed by atoms with Crippen molar-refractivity contribution >= 4 is 5.91 Å². The number of hydrogen-bond acceptors (Lipinski definition) is 4. The minimum Gasteiger partial charge on any atom is -0.345 e. The fourth-order valence-electron chi connectivity index (χ4n) is 2.17. The number of carbonyl (C=O) groups excluding carboxylic acids is 1. The number of nitrogens with two attached hydrogens (primary N) is 1. The minimum atomic E-state index is -0.208. The van der Waals surface area contributed by atoms with Gasteiger partial charge in [-0.25, -0.2) is 0 Å². The maximum absolute atomic E-state index is 11.9. The Labute approximate surface area is 94.4 Å². The van der Waals surface area contributed by atoms with E-state index in [2.05, 4.69) is 15.5 Å². The van der Waals surface area contributed by atoms with Crippen molar-refractivity contribution in [3.63, 3.8) is 0 Å². The van der Waals surface area contributed by atoms with Crippen molar-refractivity contribution in [1.29, 1.82) is 0 Å². The van der Waals surface area contributed by atoms with Gasteiger partial charge in [0.05, 0.1) is 23.5 Å². The second-order valence-electron chi connectivity index (χ2n) is 4.28. The number of hydrogen-bond donors (Lipinski definition) is 2. The van der Waals surface area contributed by atoms with Crippen molar-refractivity contribution < 1.29 is 4.79 Å². The first-order chi connectivity index (χ1) is 7.76. The Morgan fingerprint density at radius 3 is 2.75 bits per heavy atom. The summed E-state index contributed by atoms with van der Waals surface area (Å²) < 4.78 is 0. The molecule has 0 aliphatic heterocycles. The number of nitrogens with one attached hydrogen (secondary N) is 1. The molecule has 1 heterocycles. The molecule has 2 rings (SSSR count). The number of nitrogens with zero attached hydrogens (tertiary/aromatic N) is 2. The molecule has 5 heteroatoms. The Hall–Kier alpha value is -1.49. The van der Waals surface area contributed by atoms with E-state index in [0.717, 1.165) is 25.7 Å². The average molecular weight is 220 g/mol.